The van der Waals surface area contributed by atoms with E-state index in [0.29, 0.717) is 28.8 Å². The van der Waals surface area contributed by atoms with E-state index < -0.39 is 10.0 Å². The molecule has 0 heterocycles. The van der Waals surface area contributed by atoms with Gasteiger partial charge in [-0.1, -0.05) is 102 Å². The number of rotatable bonds is 17. The molecule has 3 aromatic rings. The van der Waals surface area contributed by atoms with Gasteiger partial charge in [0, 0.05) is 5.39 Å². The zero-order chi connectivity index (χ0) is 26.5. The number of ether oxygens (including phenoxy) is 1. The fraction of sp³-hybridized carbons (Fsp3) is 0.467. The summed E-state index contributed by atoms with van der Waals surface area (Å²) < 4.78 is 34.8. The Bertz CT molecular complexity index is 1230. The lowest BCUT2D eigenvalue weighted by molar-refractivity contribution is 0.306. The largest absolute Gasteiger partial charge is 0.506 e. The van der Waals surface area contributed by atoms with Gasteiger partial charge in [-0.3, -0.25) is 4.72 Å². The average molecular weight is 527 g/mol. The summed E-state index contributed by atoms with van der Waals surface area (Å²) in [6.45, 7) is 2.80. The van der Waals surface area contributed by atoms with E-state index in [-0.39, 0.29) is 16.3 Å². The fourth-order valence-corrected chi connectivity index (χ4v) is 5.60. The molecule has 202 valence electrons. The highest BCUT2D eigenvalue weighted by Crippen LogP contribution is 2.32. The molecule has 37 heavy (non-hydrogen) atoms. The normalized spacial score (nSPS) is 11.6. The molecule has 0 aromatic heterocycles. The van der Waals surface area contributed by atoms with E-state index >= 15 is 0 Å². The SMILES string of the molecule is CCCCCCCCCCCCCCOc1ccccc1NS(=O)(=O)c1ccc2c(N)c(O)ccc2c1. The number of phenols is 1. The molecule has 0 saturated heterocycles. The van der Waals surface area contributed by atoms with Crippen molar-refractivity contribution in [3.8, 4) is 11.5 Å². The highest BCUT2D eigenvalue weighted by atomic mass is 32.2. The van der Waals surface area contributed by atoms with Crippen LogP contribution in [0, 0.1) is 0 Å². The summed E-state index contributed by atoms with van der Waals surface area (Å²) in [6, 6.07) is 14.8. The number of benzene rings is 3. The van der Waals surface area contributed by atoms with Crippen molar-refractivity contribution in [2.75, 3.05) is 17.1 Å². The van der Waals surface area contributed by atoms with Crippen LogP contribution < -0.4 is 15.2 Å². The highest BCUT2D eigenvalue weighted by molar-refractivity contribution is 7.92. The van der Waals surface area contributed by atoms with E-state index in [2.05, 4.69) is 11.6 Å². The number of nitrogens with two attached hydrogens (primary N) is 1. The van der Waals surface area contributed by atoms with Gasteiger partial charge >= 0.3 is 0 Å². The van der Waals surface area contributed by atoms with Gasteiger partial charge in [0.15, 0.2) is 0 Å². The summed E-state index contributed by atoms with van der Waals surface area (Å²) in [5.74, 6) is 0.490. The van der Waals surface area contributed by atoms with Gasteiger partial charge in [0.25, 0.3) is 10.0 Å². The van der Waals surface area contributed by atoms with Crippen molar-refractivity contribution in [1.29, 1.82) is 0 Å². The van der Waals surface area contributed by atoms with Crippen molar-refractivity contribution in [2.24, 2.45) is 0 Å². The summed E-state index contributed by atoms with van der Waals surface area (Å²) in [7, 11) is -3.84. The summed E-state index contributed by atoms with van der Waals surface area (Å²) in [5.41, 5.74) is 6.55. The van der Waals surface area contributed by atoms with Gasteiger partial charge in [-0.2, -0.15) is 0 Å². The first-order valence-corrected chi connectivity index (χ1v) is 15.2. The van der Waals surface area contributed by atoms with E-state index in [1.807, 2.05) is 6.07 Å². The number of nitrogen functional groups attached to an aromatic ring is 1. The Hall–Kier alpha value is -2.93. The van der Waals surface area contributed by atoms with E-state index in [1.54, 1.807) is 36.4 Å². The minimum atomic E-state index is -3.84. The molecule has 0 amide bonds. The molecule has 0 fully saturated rings. The molecule has 3 rings (SSSR count). The second-order valence-electron chi connectivity index (χ2n) is 9.72. The molecule has 3 aromatic carbocycles. The van der Waals surface area contributed by atoms with E-state index in [1.165, 1.54) is 76.3 Å². The lowest BCUT2D eigenvalue weighted by Crippen LogP contribution is -2.14. The number of unbranched alkanes of at least 4 members (excludes halogenated alkanes) is 11. The maximum absolute atomic E-state index is 13.1. The van der Waals surface area contributed by atoms with Crippen LogP contribution >= 0.6 is 0 Å². The number of nitrogens with one attached hydrogen (secondary N) is 1. The van der Waals surface area contributed by atoms with Crippen molar-refractivity contribution < 1.29 is 18.3 Å². The summed E-state index contributed by atoms with van der Waals surface area (Å²) in [5, 5.41) is 11.0. The van der Waals surface area contributed by atoms with Gasteiger partial charge in [-0.05, 0) is 42.1 Å². The second-order valence-corrected chi connectivity index (χ2v) is 11.4. The number of aromatic hydroxyl groups is 1. The number of hydrogen-bond donors (Lipinski definition) is 3. The van der Waals surface area contributed by atoms with Gasteiger partial charge in [0.05, 0.1) is 22.9 Å². The topological polar surface area (TPSA) is 102 Å². The standard InChI is InChI=1S/C30H42N2O4S/c1-2-3-4-5-6-7-8-9-10-11-12-15-22-36-29-17-14-13-16-27(29)32-37(34,35)25-19-20-26-24(23-25)18-21-28(33)30(26)31/h13-14,16-21,23,32-33H,2-12,15,22,31H2,1H3. The molecule has 0 radical (unpaired) electrons. The quantitative estimate of drug-likeness (QED) is 0.0939. The Kier molecular flexibility index (Phi) is 11.4. The van der Waals surface area contributed by atoms with Gasteiger partial charge in [-0.15, -0.1) is 0 Å². The minimum Gasteiger partial charge on any atom is -0.506 e. The number of phenolic OH excluding ortho intramolecular Hbond substituents is 1. The molecular weight excluding hydrogens is 484 g/mol. The van der Waals surface area contributed by atoms with Crippen LogP contribution in [0.2, 0.25) is 0 Å². The van der Waals surface area contributed by atoms with Crippen molar-refractivity contribution in [3.05, 3.63) is 54.6 Å². The third kappa shape index (κ3) is 8.85. The third-order valence-corrected chi connectivity index (χ3v) is 8.07. The Morgan fingerprint density at radius 1 is 0.811 bits per heavy atom. The summed E-state index contributed by atoms with van der Waals surface area (Å²) >= 11 is 0. The zero-order valence-corrected chi connectivity index (χ0v) is 22.9. The monoisotopic (exact) mass is 526 g/mol. The van der Waals surface area contributed by atoms with Crippen LogP contribution in [-0.2, 0) is 10.0 Å². The van der Waals surface area contributed by atoms with E-state index in [0.717, 1.165) is 12.8 Å². The molecule has 6 nitrogen and oxygen atoms in total. The number of para-hydroxylation sites is 2. The highest BCUT2D eigenvalue weighted by Gasteiger charge is 2.18. The second kappa shape index (κ2) is 14.7. The molecular formula is C30H42N2O4S. The van der Waals surface area contributed by atoms with Crippen molar-refractivity contribution in [1.82, 2.24) is 0 Å². The van der Waals surface area contributed by atoms with Gasteiger partial charge in [-0.25, -0.2) is 8.42 Å². The van der Waals surface area contributed by atoms with E-state index in [9.17, 15) is 13.5 Å². The van der Waals surface area contributed by atoms with E-state index in [4.69, 9.17) is 10.5 Å². The van der Waals surface area contributed by atoms with Crippen molar-refractivity contribution >= 4 is 32.2 Å². The Balaban J connectivity index is 1.44. The maximum atomic E-state index is 13.1. The Labute approximate surface area is 222 Å². The van der Waals surface area contributed by atoms with Crippen LogP contribution in [0.3, 0.4) is 0 Å². The molecule has 4 N–H and O–H groups in total. The first-order valence-electron chi connectivity index (χ1n) is 13.7. The smallest absolute Gasteiger partial charge is 0.262 e. The molecule has 7 heteroatoms. The van der Waals surface area contributed by atoms with Crippen molar-refractivity contribution in [2.45, 2.75) is 88.9 Å². The minimum absolute atomic E-state index is 0.0273. The molecule has 0 aliphatic rings. The molecule has 0 saturated carbocycles. The zero-order valence-electron chi connectivity index (χ0n) is 22.0. The third-order valence-electron chi connectivity index (χ3n) is 6.71. The lowest BCUT2D eigenvalue weighted by Gasteiger charge is -2.14. The van der Waals surface area contributed by atoms with Crippen LogP contribution in [0.5, 0.6) is 11.5 Å². The Morgan fingerprint density at radius 2 is 1.43 bits per heavy atom. The Morgan fingerprint density at radius 3 is 2.11 bits per heavy atom. The summed E-state index contributed by atoms with van der Waals surface area (Å²) in [6.07, 6.45) is 15.3. The van der Waals surface area contributed by atoms with Gasteiger partial charge < -0.3 is 15.6 Å². The molecule has 0 aliphatic carbocycles. The van der Waals surface area contributed by atoms with Crippen LogP contribution in [0.1, 0.15) is 84.0 Å². The molecule has 0 atom stereocenters. The van der Waals surface area contributed by atoms with Gasteiger partial charge in [0.1, 0.15) is 11.5 Å². The van der Waals surface area contributed by atoms with Crippen LogP contribution in [0.4, 0.5) is 11.4 Å². The predicted molar refractivity (Wildman–Crippen MR) is 154 cm³/mol. The van der Waals surface area contributed by atoms with Crippen LogP contribution in [0.25, 0.3) is 10.8 Å². The number of hydrogen-bond acceptors (Lipinski definition) is 5. The fourth-order valence-electron chi connectivity index (χ4n) is 4.49. The predicted octanol–water partition coefficient (Wildman–Crippen LogP) is 8.01. The van der Waals surface area contributed by atoms with Crippen molar-refractivity contribution in [3.63, 3.8) is 0 Å². The number of sulfonamides is 1. The maximum Gasteiger partial charge on any atom is 0.262 e. The number of fused-ring (bicyclic) bond motifs is 1. The first kappa shape index (κ1) is 28.6. The number of anilines is 2. The molecule has 0 unspecified atom stereocenters. The van der Waals surface area contributed by atoms with Crippen LogP contribution in [0.15, 0.2) is 59.5 Å². The molecule has 0 spiro atoms. The lowest BCUT2D eigenvalue weighted by atomic mass is 10.1. The van der Waals surface area contributed by atoms with Crippen LogP contribution in [-0.4, -0.2) is 20.1 Å². The molecule has 0 bridgehead atoms. The average Bonchev–Trinajstić information content (AvgIpc) is 2.89. The molecule has 0 aliphatic heterocycles. The summed E-state index contributed by atoms with van der Waals surface area (Å²) in [4.78, 5) is 0.112. The first-order chi connectivity index (χ1) is 17.9. The van der Waals surface area contributed by atoms with Gasteiger partial charge in [0.2, 0.25) is 0 Å².